The van der Waals surface area contributed by atoms with Crippen LogP contribution in [0.3, 0.4) is 0 Å². The topological polar surface area (TPSA) is 135 Å². The van der Waals surface area contributed by atoms with Gasteiger partial charge in [-0.25, -0.2) is 19.7 Å². The lowest BCUT2D eigenvalue weighted by Crippen LogP contribution is -2.37. The SMILES string of the molecule is CCC(CO)(CO)COC(=O)C(C)Oc1ccc(-c2nc(-c3ccc(-c4cc#ccc4)cc3)nc(-c3ccc(-c4ccccc4)cc3)n2)c(O)c1. The van der Waals surface area contributed by atoms with Crippen molar-refractivity contribution >= 4 is 5.97 Å². The Morgan fingerprint density at radius 1 is 0.725 bits per heavy atom. The number of aromatic nitrogens is 3. The number of aliphatic hydroxyl groups is 2. The molecule has 6 aromatic rings. The number of hydrogen-bond donors (Lipinski definition) is 3. The number of phenolic OH excluding ortho intramolecular Hbond substituents is 1. The van der Waals surface area contributed by atoms with Crippen LogP contribution in [0.4, 0.5) is 0 Å². The molecule has 1 unspecified atom stereocenters. The van der Waals surface area contributed by atoms with Crippen LogP contribution < -0.4 is 4.74 Å². The first-order valence-corrected chi connectivity index (χ1v) is 16.6. The summed E-state index contributed by atoms with van der Waals surface area (Å²) in [5.74, 6) is 0.499. The highest BCUT2D eigenvalue weighted by atomic mass is 16.6. The third-order valence-electron chi connectivity index (χ3n) is 8.82. The summed E-state index contributed by atoms with van der Waals surface area (Å²) >= 11 is 0. The third-order valence-corrected chi connectivity index (χ3v) is 8.82. The van der Waals surface area contributed by atoms with Crippen LogP contribution in [0.25, 0.3) is 56.4 Å². The van der Waals surface area contributed by atoms with E-state index in [0.717, 1.165) is 33.4 Å². The monoisotopic (exact) mass is 679 g/mol. The van der Waals surface area contributed by atoms with Crippen molar-refractivity contribution in [1.82, 2.24) is 15.0 Å². The molecule has 0 aliphatic rings. The molecule has 0 aliphatic heterocycles. The minimum absolute atomic E-state index is 0.154. The summed E-state index contributed by atoms with van der Waals surface area (Å²) in [4.78, 5) is 27.0. The van der Waals surface area contributed by atoms with Crippen LogP contribution in [-0.2, 0) is 9.53 Å². The van der Waals surface area contributed by atoms with E-state index in [4.69, 9.17) is 24.4 Å². The second-order valence-corrected chi connectivity index (χ2v) is 12.3. The van der Waals surface area contributed by atoms with E-state index < -0.39 is 17.5 Å². The van der Waals surface area contributed by atoms with Gasteiger partial charge in [-0.15, -0.1) is 0 Å². The molecule has 1 heterocycles. The van der Waals surface area contributed by atoms with Crippen molar-refractivity contribution in [3.8, 4) is 67.9 Å². The van der Waals surface area contributed by atoms with Gasteiger partial charge in [-0.05, 0) is 65.9 Å². The molecule has 0 spiro atoms. The Balaban J connectivity index is 1.30. The van der Waals surface area contributed by atoms with Gasteiger partial charge in [0.1, 0.15) is 18.1 Å². The highest BCUT2D eigenvalue weighted by molar-refractivity contribution is 5.76. The fourth-order valence-corrected chi connectivity index (χ4v) is 5.37. The Morgan fingerprint density at radius 2 is 1.29 bits per heavy atom. The van der Waals surface area contributed by atoms with E-state index in [9.17, 15) is 20.1 Å². The van der Waals surface area contributed by atoms with Gasteiger partial charge in [-0.2, -0.15) is 0 Å². The zero-order chi connectivity index (χ0) is 35.8. The van der Waals surface area contributed by atoms with E-state index >= 15 is 0 Å². The summed E-state index contributed by atoms with van der Waals surface area (Å²) in [5, 5.41) is 30.5. The first-order valence-electron chi connectivity index (χ1n) is 16.6. The number of ether oxygens (including phenoxy) is 2. The minimum atomic E-state index is -1.02. The van der Waals surface area contributed by atoms with Crippen LogP contribution in [0.2, 0.25) is 0 Å². The Hall–Kier alpha value is -6.08. The van der Waals surface area contributed by atoms with Gasteiger partial charge >= 0.3 is 5.97 Å². The molecule has 0 radical (unpaired) electrons. The maximum atomic E-state index is 12.7. The second-order valence-electron chi connectivity index (χ2n) is 12.3. The van der Waals surface area contributed by atoms with Gasteiger partial charge in [0.15, 0.2) is 23.6 Å². The number of phenols is 1. The van der Waals surface area contributed by atoms with E-state index in [2.05, 4.69) is 24.3 Å². The quantitative estimate of drug-likeness (QED) is 0.108. The summed E-state index contributed by atoms with van der Waals surface area (Å²) in [6, 6.07) is 42.1. The first kappa shape index (κ1) is 34.8. The Morgan fingerprint density at radius 3 is 1.84 bits per heavy atom. The van der Waals surface area contributed by atoms with Gasteiger partial charge in [0.2, 0.25) is 0 Å². The third kappa shape index (κ3) is 8.05. The fraction of sp³-hybridized carbons (Fsp3) is 0.190. The average molecular weight is 680 g/mol. The number of benzene rings is 4. The fourth-order valence-electron chi connectivity index (χ4n) is 5.37. The van der Waals surface area contributed by atoms with E-state index in [-0.39, 0.29) is 37.1 Å². The highest BCUT2D eigenvalue weighted by Gasteiger charge is 2.30. The number of esters is 1. The van der Waals surface area contributed by atoms with Gasteiger partial charge in [0.25, 0.3) is 0 Å². The number of carbonyl (C=O) groups excluding carboxylic acids is 1. The van der Waals surface area contributed by atoms with Crippen molar-refractivity contribution in [1.29, 1.82) is 0 Å². The lowest BCUT2D eigenvalue weighted by molar-refractivity contribution is -0.157. The Kier molecular flexibility index (Phi) is 10.7. The molecule has 3 N–H and O–H groups in total. The largest absolute Gasteiger partial charge is 0.507 e. The van der Waals surface area contributed by atoms with Crippen molar-refractivity contribution in [2.45, 2.75) is 26.4 Å². The molecule has 1 atom stereocenters. The number of aliphatic hydroxyl groups excluding tert-OH is 2. The molecule has 0 aliphatic carbocycles. The standard InChI is InChI=1S/C42H37N3O6/c1-3-42(25-46,26-47)27-50-41(49)28(2)51-35-22-23-36(37(48)24-35)40-44-38(33-18-14-31(15-19-33)29-10-6-4-7-11-29)43-39(45-40)34-20-16-32(17-21-34)30-12-8-5-9-13-30/h4,6-8,10-24,28,46-48H,3,25-27H2,1-2H3. The summed E-state index contributed by atoms with van der Waals surface area (Å²) < 4.78 is 11.1. The van der Waals surface area contributed by atoms with Gasteiger partial charge < -0.3 is 24.8 Å². The van der Waals surface area contributed by atoms with Gasteiger partial charge in [0, 0.05) is 17.2 Å². The molecule has 0 amide bonds. The van der Waals surface area contributed by atoms with Gasteiger partial charge in [0.05, 0.1) is 24.2 Å². The first-order chi connectivity index (χ1) is 24.8. The number of aromatic hydroxyl groups is 1. The molecule has 9 heteroatoms. The molecule has 9 nitrogen and oxygen atoms in total. The summed E-state index contributed by atoms with van der Waals surface area (Å²) in [6.07, 6.45) is -0.597. The molecule has 51 heavy (non-hydrogen) atoms. The molecular formula is C42H37N3O6. The number of nitrogens with zero attached hydrogens (tertiary/aromatic N) is 3. The van der Waals surface area contributed by atoms with Crippen molar-refractivity contribution in [2.24, 2.45) is 5.41 Å². The predicted octanol–water partition coefficient (Wildman–Crippen LogP) is 7.20. The van der Waals surface area contributed by atoms with Crippen LogP contribution in [0.1, 0.15) is 20.3 Å². The number of hydrogen-bond acceptors (Lipinski definition) is 9. The molecule has 0 saturated carbocycles. The maximum Gasteiger partial charge on any atom is 0.347 e. The van der Waals surface area contributed by atoms with Crippen LogP contribution >= 0.6 is 0 Å². The Bertz CT molecular complexity index is 1960. The predicted molar refractivity (Wildman–Crippen MR) is 194 cm³/mol. The molecule has 0 fully saturated rings. The van der Waals surface area contributed by atoms with Crippen LogP contribution in [-0.4, -0.2) is 62.2 Å². The van der Waals surface area contributed by atoms with Crippen LogP contribution in [0, 0.1) is 17.5 Å². The van der Waals surface area contributed by atoms with E-state index in [0.29, 0.717) is 23.6 Å². The zero-order valence-corrected chi connectivity index (χ0v) is 28.3. The van der Waals surface area contributed by atoms with E-state index in [1.807, 2.05) is 84.9 Å². The molecule has 0 saturated heterocycles. The molecule has 256 valence electrons. The molecule has 5 aromatic carbocycles. The molecule has 0 bridgehead atoms. The van der Waals surface area contributed by atoms with Crippen molar-refractivity contribution < 1.29 is 29.6 Å². The van der Waals surface area contributed by atoms with Crippen LogP contribution in [0.15, 0.2) is 115 Å². The second kappa shape index (κ2) is 15.6. The number of carbonyl (C=O) groups is 1. The van der Waals surface area contributed by atoms with Crippen molar-refractivity contribution in [3.05, 3.63) is 127 Å². The summed E-state index contributed by atoms with van der Waals surface area (Å²) in [7, 11) is 0. The Labute approximate surface area is 296 Å². The molecule has 6 rings (SSSR count). The highest BCUT2D eigenvalue weighted by Crippen LogP contribution is 2.34. The molecule has 1 aromatic heterocycles. The van der Waals surface area contributed by atoms with Crippen molar-refractivity contribution in [2.75, 3.05) is 19.8 Å². The normalized spacial score (nSPS) is 11.8. The maximum absolute atomic E-state index is 12.7. The number of rotatable bonds is 13. The van der Waals surface area contributed by atoms with Crippen molar-refractivity contribution in [3.63, 3.8) is 0 Å². The summed E-state index contributed by atoms with van der Waals surface area (Å²) in [6.45, 7) is 2.51. The van der Waals surface area contributed by atoms with E-state index in [1.54, 1.807) is 19.1 Å². The van der Waals surface area contributed by atoms with Crippen LogP contribution in [0.5, 0.6) is 11.5 Å². The van der Waals surface area contributed by atoms with Gasteiger partial charge in [-0.3, -0.25) is 0 Å². The molecular weight excluding hydrogens is 642 g/mol. The average Bonchev–Trinajstić information content (AvgIpc) is 3.19. The zero-order valence-electron chi connectivity index (χ0n) is 28.3. The lowest BCUT2D eigenvalue weighted by Gasteiger charge is -2.28. The smallest absolute Gasteiger partial charge is 0.347 e. The summed E-state index contributed by atoms with van der Waals surface area (Å²) in [5.41, 5.74) is 5.11. The van der Waals surface area contributed by atoms with Gasteiger partial charge in [-0.1, -0.05) is 97.9 Å². The lowest BCUT2D eigenvalue weighted by atomic mass is 9.88. The minimum Gasteiger partial charge on any atom is -0.507 e. The van der Waals surface area contributed by atoms with E-state index in [1.165, 1.54) is 13.0 Å².